The highest BCUT2D eigenvalue weighted by Crippen LogP contribution is 2.39. The van der Waals surface area contributed by atoms with Crippen molar-refractivity contribution in [3.8, 4) is 0 Å². The van der Waals surface area contributed by atoms with Gasteiger partial charge in [0, 0.05) is 23.3 Å². The minimum absolute atomic E-state index is 0.123. The molecule has 0 radical (unpaired) electrons. The summed E-state index contributed by atoms with van der Waals surface area (Å²) in [5.41, 5.74) is 6.07. The van der Waals surface area contributed by atoms with E-state index < -0.39 is 0 Å². The van der Waals surface area contributed by atoms with Crippen LogP contribution in [0.15, 0.2) is 109 Å². The van der Waals surface area contributed by atoms with E-state index in [2.05, 4.69) is 55.8 Å². The van der Waals surface area contributed by atoms with Crippen molar-refractivity contribution in [2.24, 2.45) is 0 Å². The Bertz CT molecular complexity index is 1440. The number of rotatable bonds is 4. The molecule has 0 unspecified atom stereocenters. The summed E-state index contributed by atoms with van der Waals surface area (Å²) in [5, 5.41) is 0. The van der Waals surface area contributed by atoms with Gasteiger partial charge in [-0.15, -0.1) is 0 Å². The van der Waals surface area contributed by atoms with Crippen molar-refractivity contribution < 1.29 is 18.1 Å². The van der Waals surface area contributed by atoms with Crippen LogP contribution in [0, 0.1) is 11.6 Å². The van der Waals surface area contributed by atoms with Crippen molar-refractivity contribution in [3.05, 3.63) is 137 Å². The van der Waals surface area contributed by atoms with E-state index in [0.29, 0.717) is 11.5 Å². The maximum absolute atomic E-state index is 13.5. The fourth-order valence-corrected chi connectivity index (χ4v) is 4.71. The molecule has 2 aliphatic rings. The van der Waals surface area contributed by atoms with E-state index in [1.54, 1.807) is 24.3 Å². The molecule has 2 aliphatic heterocycles. The molecular formula is C31H26F2NO+. The number of nitrogens with zero attached hydrogens (tertiary/aromatic N) is 1. The quantitative estimate of drug-likeness (QED) is 0.361. The highest BCUT2D eigenvalue weighted by molar-refractivity contribution is 6.03. The van der Waals surface area contributed by atoms with Crippen LogP contribution < -0.4 is 0 Å². The van der Waals surface area contributed by atoms with Crippen molar-refractivity contribution in [3.63, 3.8) is 0 Å². The third-order valence-corrected chi connectivity index (χ3v) is 6.57. The summed E-state index contributed by atoms with van der Waals surface area (Å²) in [6.45, 7) is 4.45. The number of hydrogen-bond acceptors (Lipinski definition) is 1. The van der Waals surface area contributed by atoms with Crippen LogP contribution in [0.5, 0.6) is 0 Å². The van der Waals surface area contributed by atoms with Crippen LogP contribution in [-0.4, -0.2) is 17.3 Å². The van der Waals surface area contributed by atoms with Crippen LogP contribution >= 0.6 is 0 Å². The molecule has 0 atom stereocenters. The first-order chi connectivity index (χ1) is 16.8. The first-order valence-corrected chi connectivity index (χ1v) is 11.5. The van der Waals surface area contributed by atoms with Crippen molar-refractivity contribution in [2.45, 2.75) is 19.3 Å². The van der Waals surface area contributed by atoms with E-state index >= 15 is 0 Å². The van der Waals surface area contributed by atoms with Gasteiger partial charge in [0.25, 0.3) is 0 Å². The molecule has 0 saturated heterocycles. The molecule has 0 spiro atoms. The molecule has 3 aromatic rings. The number of para-hydroxylation sites is 1. The van der Waals surface area contributed by atoms with Crippen LogP contribution in [0.1, 0.15) is 30.5 Å². The van der Waals surface area contributed by atoms with Gasteiger partial charge in [0.15, 0.2) is 5.71 Å². The highest BCUT2D eigenvalue weighted by Gasteiger charge is 2.42. The van der Waals surface area contributed by atoms with Gasteiger partial charge in [-0.2, -0.15) is 4.58 Å². The molecule has 2 nitrogen and oxygen atoms in total. The molecule has 0 fully saturated rings. The van der Waals surface area contributed by atoms with Crippen LogP contribution in [0.4, 0.5) is 14.5 Å². The fraction of sp³-hybridized carbons (Fsp3) is 0.129. The zero-order valence-electron chi connectivity index (χ0n) is 19.9. The number of halogens is 2. The second-order valence-corrected chi connectivity index (χ2v) is 9.24. The Hall–Kier alpha value is -4.05. The minimum atomic E-state index is -0.306. The first kappa shape index (κ1) is 22.7. The molecule has 0 amide bonds. The Balaban J connectivity index is 1.50. The zero-order chi connectivity index (χ0) is 24.6. The van der Waals surface area contributed by atoms with Gasteiger partial charge in [-0.25, -0.2) is 8.78 Å². The summed E-state index contributed by atoms with van der Waals surface area (Å²) in [4.78, 5) is 0. The van der Waals surface area contributed by atoms with Crippen LogP contribution in [0.25, 0.3) is 11.3 Å². The monoisotopic (exact) mass is 466 g/mol. The first-order valence-electron chi connectivity index (χ1n) is 11.5. The lowest BCUT2D eigenvalue weighted by Crippen LogP contribution is -2.26. The van der Waals surface area contributed by atoms with Crippen LogP contribution in [0.2, 0.25) is 0 Å². The average molecular weight is 467 g/mol. The molecule has 4 heteroatoms. The Labute approximate surface area is 204 Å². The molecule has 0 N–H and O–H groups in total. The summed E-state index contributed by atoms with van der Waals surface area (Å²) in [7, 11) is 2.08. The molecule has 0 saturated carbocycles. The number of fused-ring (bicyclic) bond motifs is 1. The summed E-state index contributed by atoms with van der Waals surface area (Å²) < 4.78 is 35.4. The van der Waals surface area contributed by atoms with Gasteiger partial charge in [0.1, 0.15) is 30.2 Å². The van der Waals surface area contributed by atoms with E-state index in [9.17, 15) is 8.78 Å². The van der Waals surface area contributed by atoms with Crippen molar-refractivity contribution in [2.75, 3.05) is 7.05 Å². The van der Waals surface area contributed by atoms with Gasteiger partial charge in [0.05, 0.1) is 5.41 Å². The standard InChI is InChI=1S/C31H26F2NO/c1-31(2)27-8-4-5-9-28(27)34(3)30(31)10-6-7-26-19-23(21-11-15-24(32)16-12-21)20-29(35-26)22-13-17-25(33)18-14-22/h4-20H,1-3H3/q+1/b10-6+,26-7+. The van der Waals surface area contributed by atoms with Crippen LogP contribution in [-0.2, 0) is 10.2 Å². The van der Waals surface area contributed by atoms with E-state index in [1.807, 2.05) is 24.3 Å². The smallest absolute Gasteiger partial charge is 0.209 e. The summed E-state index contributed by atoms with van der Waals surface area (Å²) in [5.74, 6) is 0.646. The minimum Gasteiger partial charge on any atom is -0.457 e. The molecule has 174 valence electrons. The Morgan fingerprint density at radius 3 is 2.09 bits per heavy atom. The van der Waals surface area contributed by atoms with Crippen molar-refractivity contribution >= 4 is 22.7 Å². The van der Waals surface area contributed by atoms with Gasteiger partial charge in [0.2, 0.25) is 5.69 Å². The van der Waals surface area contributed by atoms with E-state index in [-0.39, 0.29) is 17.0 Å². The summed E-state index contributed by atoms with van der Waals surface area (Å²) in [6.07, 6.45) is 9.83. The SMILES string of the molecule is C[N+]1=C(/C=C/C=C2\C=C(c3ccc(F)cc3)C=C(c3ccc(F)cc3)O2)C(C)(C)c2ccccc21. The molecule has 0 bridgehead atoms. The topological polar surface area (TPSA) is 12.2 Å². The van der Waals surface area contributed by atoms with Crippen molar-refractivity contribution in [1.29, 1.82) is 0 Å². The van der Waals surface area contributed by atoms with E-state index in [0.717, 1.165) is 16.7 Å². The lowest BCUT2D eigenvalue weighted by Gasteiger charge is -2.18. The van der Waals surface area contributed by atoms with Gasteiger partial charge >= 0.3 is 0 Å². The summed E-state index contributed by atoms with van der Waals surface area (Å²) >= 11 is 0. The third-order valence-electron chi connectivity index (χ3n) is 6.57. The van der Waals surface area contributed by atoms with E-state index in [4.69, 9.17) is 4.74 Å². The molecule has 0 aliphatic carbocycles. The fourth-order valence-electron chi connectivity index (χ4n) is 4.71. The largest absolute Gasteiger partial charge is 0.457 e. The Morgan fingerprint density at radius 2 is 1.43 bits per heavy atom. The molecule has 3 aromatic carbocycles. The second-order valence-electron chi connectivity index (χ2n) is 9.24. The number of benzene rings is 3. The van der Waals surface area contributed by atoms with Gasteiger partial charge < -0.3 is 4.74 Å². The zero-order valence-corrected chi connectivity index (χ0v) is 19.9. The van der Waals surface area contributed by atoms with Gasteiger partial charge in [-0.1, -0.05) is 36.4 Å². The average Bonchev–Trinajstić information content (AvgIpc) is 3.05. The predicted octanol–water partition coefficient (Wildman–Crippen LogP) is 7.57. The van der Waals surface area contributed by atoms with Gasteiger partial charge in [-0.05, 0) is 79.6 Å². The Morgan fingerprint density at radius 1 is 0.800 bits per heavy atom. The predicted molar refractivity (Wildman–Crippen MR) is 137 cm³/mol. The second kappa shape index (κ2) is 8.95. The lowest BCUT2D eigenvalue weighted by atomic mass is 9.81. The molecule has 2 heterocycles. The maximum atomic E-state index is 13.5. The number of allylic oxidation sites excluding steroid dienone is 6. The lowest BCUT2D eigenvalue weighted by molar-refractivity contribution is -0.401. The van der Waals surface area contributed by atoms with Crippen molar-refractivity contribution in [1.82, 2.24) is 0 Å². The van der Waals surface area contributed by atoms with Gasteiger partial charge in [-0.3, -0.25) is 0 Å². The molecule has 35 heavy (non-hydrogen) atoms. The summed E-state index contributed by atoms with van der Waals surface area (Å²) in [6, 6.07) is 21.0. The Kier molecular flexibility index (Phi) is 5.81. The maximum Gasteiger partial charge on any atom is 0.209 e. The molecule has 5 rings (SSSR count). The third kappa shape index (κ3) is 4.40. The highest BCUT2D eigenvalue weighted by atomic mass is 19.1. The van der Waals surface area contributed by atoms with E-state index in [1.165, 1.54) is 41.2 Å². The molecule has 0 aromatic heterocycles. The molecular weight excluding hydrogens is 440 g/mol. The number of ether oxygens (including phenoxy) is 1. The van der Waals surface area contributed by atoms with Crippen LogP contribution in [0.3, 0.4) is 0 Å². The number of hydrogen-bond donors (Lipinski definition) is 0. The normalized spacial score (nSPS) is 17.9.